The smallest absolute Gasteiger partial charge is 0.0532 e. The van der Waals surface area contributed by atoms with E-state index in [1.54, 1.807) is 0 Å². The predicted octanol–water partition coefficient (Wildman–Crippen LogP) is 1.81. The maximum Gasteiger partial charge on any atom is 0.0532 e. The number of rotatable bonds is 2. The van der Waals surface area contributed by atoms with Gasteiger partial charge in [0.25, 0.3) is 0 Å². The second-order valence-corrected chi connectivity index (χ2v) is 2.09. The van der Waals surface area contributed by atoms with Crippen molar-refractivity contribution < 1.29 is 30.6 Å². The number of nitrogens with one attached hydrogen (secondary N) is 1. The summed E-state index contributed by atoms with van der Waals surface area (Å²) in [6, 6.07) is 9.29. The van der Waals surface area contributed by atoms with Crippen LogP contribution in [0.5, 0.6) is 0 Å². The summed E-state index contributed by atoms with van der Waals surface area (Å²) in [4.78, 5) is 10.3. The van der Waals surface area contributed by atoms with Crippen molar-refractivity contribution in [1.82, 2.24) is 0 Å². The number of carbonyl (C=O) groups is 1. The summed E-state index contributed by atoms with van der Waals surface area (Å²) in [5.74, 6) is -0.536. The average molecular weight is 179 g/mol. The molecule has 1 aromatic rings. The van der Waals surface area contributed by atoms with Gasteiger partial charge in [0, 0.05) is 32.3 Å². The summed E-state index contributed by atoms with van der Waals surface area (Å²) in [6.45, 7) is 0. The van der Waals surface area contributed by atoms with Gasteiger partial charge < -0.3 is 10.5 Å². The van der Waals surface area contributed by atoms with Crippen LogP contribution in [0.3, 0.4) is 0 Å². The molecule has 0 heterocycles. The molecule has 0 aliphatic rings. The molecule has 0 aromatic heterocycles. The number of amides is 1. The molecule has 1 rings (SSSR count). The quantitative estimate of drug-likeness (QED) is 0.682. The van der Waals surface area contributed by atoms with Crippen molar-refractivity contribution in [3.8, 4) is 0 Å². The van der Waals surface area contributed by atoms with Gasteiger partial charge in [-0.05, 0) is 5.56 Å². The first-order valence-corrected chi connectivity index (χ1v) is 3.07. The summed E-state index contributed by atoms with van der Waals surface area (Å²) in [7, 11) is 0. The first-order valence-electron chi connectivity index (χ1n) is 3.07. The minimum atomic E-state index is -0.536. The zero-order valence-electron chi connectivity index (χ0n) is 6.08. The summed E-state index contributed by atoms with van der Waals surface area (Å²) >= 11 is 0. The molecule has 1 radical (unpaired) electrons. The molecule has 0 atom stereocenters. The third kappa shape index (κ3) is 4.09. The Labute approximate surface area is 84.6 Å². The zero-order chi connectivity index (χ0) is 7.40. The molecule has 1 aromatic carbocycles. The first kappa shape index (κ1) is 10.6. The molecule has 0 aliphatic carbocycles. The molecule has 3 heteroatoms. The van der Waals surface area contributed by atoms with Crippen LogP contribution in [0, 0.1) is 0 Å². The van der Waals surface area contributed by atoms with E-state index in [0.717, 1.165) is 5.56 Å². The molecular formula is C8H8NOSc-. The zero-order valence-corrected chi connectivity index (χ0v) is 7.88. The van der Waals surface area contributed by atoms with Crippen LogP contribution in [0.4, 0.5) is 0 Å². The topological polar surface area (TPSA) is 40.9 Å². The SMILES string of the molecule is [NH-]C(=O)Cc1ccccc1.[Sc]. The van der Waals surface area contributed by atoms with E-state index in [1.807, 2.05) is 30.3 Å². The second kappa shape index (κ2) is 5.24. The Hall–Kier alpha value is -0.440. The Morgan fingerprint density at radius 3 is 2.27 bits per heavy atom. The Morgan fingerprint density at radius 1 is 1.27 bits per heavy atom. The van der Waals surface area contributed by atoms with Crippen molar-refractivity contribution in [2.75, 3.05) is 0 Å². The van der Waals surface area contributed by atoms with Gasteiger partial charge in [-0.15, -0.1) is 0 Å². The van der Waals surface area contributed by atoms with Crippen molar-refractivity contribution in [2.24, 2.45) is 0 Å². The van der Waals surface area contributed by atoms with Gasteiger partial charge in [-0.1, -0.05) is 30.3 Å². The molecule has 0 saturated carbocycles. The van der Waals surface area contributed by atoms with Crippen LogP contribution < -0.4 is 0 Å². The van der Waals surface area contributed by atoms with E-state index in [2.05, 4.69) is 0 Å². The van der Waals surface area contributed by atoms with Crippen molar-refractivity contribution >= 4 is 5.91 Å². The second-order valence-electron chi connectivity index (χ2n) is 2.09. The number of carbonyl (C=O) groups excluding carboxylic acids is 1. The minimum absolute atomic E-state index is 0. The fourth-order valence-electron chi connectivity index (χ4n) is 0.781. The summed E-state index contributed by atoms with van der Waals surface area (Å²) in [6.07, 6.45) is 0.223. The Kier molecular flexibility index (Phi) is 5.03. The molecule has 0 aliphatic heterocycles. The minimum Gasteiger partial charge on any atom is -0.667 e. The first-order chi connectivity index (χ1) is 4.79. The molecule has 0 bridgehead atoms. The predicted molar refractivity (Wildman–Crippen MR) is 39.5 cm³/mol. The van der Waals surface area contributed by atoms with Gasteiger partial charge in [-0.25, -0.2) is 0 Å². The van der Waals surface area contributed by atoms with Gasteiger partial charge in [-0.2, -0.15) is 0 Å². The van der Waals surface area contributed by atoms with E-state index in [9.17, 15) is 4.79 Å². The van der Waals surface area contributed by atoms with Crippen LogP contribution in [0.15, 0.2) is 30.3 Å². The fraction of sp³-hybridized carbons (Fsp3) is 0.125. The van der Waals surface area contributed by atoms with E-state index in [0.29, 0.717) is 0 Å². The molecule has 0 saturated heterocycles. The van der Waals surface area contributed by atoms with Crippen LogP contribution in [0.2, 0.25) is 0 Å². The van der Waals surface area contributed by atoms with E-state index in [1.165, 1.54) is 0 Å². The van der Waals surface area contributed by atoms with Gasteiger partial charge in [0.15, 0.2) is 0 Å². The van der Waals surface area contributed by atoms with Crippen LogP contribution in [-0.2, 0) is 37.1 Å². The third-order valence-corrected chi connectivity index (χ3v) is 1.21. The van der Waals surface area contributed by atoms with E-state index < -0.39 is 5.91 Å². The normalized spacial score (nSPS) is 8.36. The standard InChI is InChI=1S/C8H9NO.Sc/c9-8(10)6-7-4-2-1-3-5-7;/h1-5H,6H2,(H2,9,10);/p-1. The molecule has 1 N–H and O–H groups in total. The third-order valence-electron chi connectivity index (χ3n) is 1.21. The number of benzene rings is 1. The summed E-state index contributed by atoms with van der Waals surface area (Å²) < 4.78 is 0. The van der Waals surface area contributed by atoms with Crippen molar-refractivity contribution in [3.63, 3.8) is 0 Å². The summed E-state index contributed by atoms with van der Waals surface area (Å²) in [5, 5.41) is 0. The van der Waals surface area contributed by atoms with Gasteiger partial charge in [0.2, 0.25) is 0 Å². The van der Waals surface area contributed by atoms with Gasteiger partial charge in [-0.3, -0.25) is 0 Å². The van der Waals surface area contributed by atoms with E-state index in [-0.39, 0.29) is 32.3 Å². The Morgan fingerprint density at radius 2 is 1.82 bits per heavy atom. The maximum absolute atomic E-state index is 10.3. The van der Waals surface area contributed by atoms with Crippen LogP contribution >= 0.6 is 0 Å². The van der Waals surface area contributed by atoms with Gasteiger partial charge in [0.1, 0.15) is 0 Å². The van der Waals surface area contributed by atoms with E-state index >= 15 is 0 Å². The molecule has 11 heavy (non-hydrogen) atoms. The molecule has 1 amide bonds. The number of hydrogen-bond acceptors (Lipinski definition) is 1. The van der Waals surface area contributed by atoms with Crippen LogP contribution in [0.1, 0.15) is 5.56 Å². The van der Waals surface area contributed by atoms with Crippen molar-refractivity contribution in [1.29, 1.82) is 0 Å². The Bertz CT molecular complexity index is 223. The van der Waals surface area contributed by atoms with Crippen molar-refractivity contribution in [2.45, 2.75) is 6.42 Å². The summed E-state index contributed by atoms with van der Waals surface area (Å²) in [5.41, 5.74) is 7.58. The number of hydrogen-bond donors (Lipinski definition) is 0. The molecule has 0 fully saturated rings. The van der Waals surface area contributed by atoms with Crippen LogP contribution in [0.25, 0.3) is 5.73 Å². The maximum atomic E-state index is 10.3. The van der Waals surface area contributed by atoms with Crippen LogP contribution in [-0.4, -0.2) is 5.91 Å². The monoisotopic (exact) mass is 179 g/mol. The van der Waals surface area contributed by atoms with Crippen molar-refractivity contribution in [3.05, 3.63) is 41.6 Å². The molecule has 0 unspecified atom stereocenters. The Balaban J connectivity index is 0.000001000. The fourth-order valence-corrected chi connectivity index (χ4v) is 0.781. The molecule has 55 valence electrons. The van der Waals surface area contributed by atoms with E-state index in [4.69, 9.17) is 5.73 Å². The molecule has 2 nitrogen and oxygen atoms in total. The molecule has 0 spiro atoms. The van der Waals surface area contributed by atoms with Gasteiger partial charge >= 0.3 is 0 Å². The molecular weight excluding hydrogens is 171 g/mol. The largest absolute Gasteiger partial charge is 0.667 e. The average Bonchev–Trinajstić information content (AvgIpc) is 1.88. The van der Waals surface area contributed by atoms with Gasteiger partial charge in [0.05, 0.1) is 5.91 Å².